The summed E-state index contributed by atoms with van der Waals surface area (Å²) < 4.78 is 9.53. The highest BCUT2D eigenvalue weighted by Crippen LogP contribution is 2.48. The van der Waals surface area contributed by atoms with Crippen molar-refractivity contribution in [1.82, 2.24) is 29.2 Å². The van der Waals surface area contributed by atoms with Crippen LogP contribution in [0.5, 0.6) is 0 Å². The lowest BCUT2D eigenvalue weighted by atomic mass is 9.68. The van der Waals surface area contributed by atoms with Gasteiger partial charge in [0.15, 0.2) is 0 Å². The minimum atomic E-state index is -0.465. The van der Waals surface area contributed by atoms with Gasteiger partial charge in [-0.15, -0.1) is 0 Å². The first-order chi connectivity index (χ1) is 16.6. The van der Waals surface area contributed by atoms with E-state index in [0.29, 0.717) is 5.82 Å². The van der Waals surface area contributed by atoms with Crippen molar-refractivity contribution >= 4 is 28.5 Å². The number of carbonyl (C=O) groups is 1. The van der Waals surface area contributed by atoms with E-state index < -0.39 is 5.60 Å². The molecule has 0 saturated carbocycles. The Bertz CT molecular complexity index is 1300. The molecule has 1 aliphatic heterocycles. The maximum absolute atomic E-state index is 12.5. The van der Waals surface area contributed by atoms with Crippen LogP contribution in [0.4, 0.5) is 10.6 Å². The summed E-state index contributed by atoms with van der Waals surface area (Å²) in [5.41, 5.74) is 11.5. The number of aryl methyl sites for hydroxylation is 2. The lowest BCUT2D eigenvalue weighted by Crippen LogP contribution is -2.45. The van der Waals surface area contributed by atoms with Crippen LogP contribution >= 0.6 is 0 Å². The number of hydrogen-bond acceptors (Lipinski definition) is 6. The van der Waals surface area contributed by atoms with Gasteiger partial charge in [0.1, 0.15) is 23.4 Å². The number of allylic oxidation sites excluding steroid dienone is 2. The number of carbonyl (C=O) groups excluding carboxylic acids is 1. The highest BCUT2D eigenvalue weighted by molar-refractivity contribution is 6.05. The first-order valence-electron chi connectivity index (χ1n) is 12.3. The van der Waals surface area contributed by atoms with Gasteiger partial charge in [0.25, 0.3) is 0 Å². The largest absolute Gasteiger partial charge is 0.444 e. The molecular formula is C26H35N7O2. The van der Waals surface area contributed by atoms with Gasteiger partial charge in [0.2, 0.25) is 0 Å². The highest BCUT2D eigenvalue weighted by atomic mass is 16.6. The molecule has 3 aromatic rings. The van der Waals surface area contributed by atoms with E-state index in [4.69, 9.17) is 10.5 Å². The van der Waals surface area contributed by atoms with Crippen molar-refractivity contribution in [3.05, 3.63) is 30.5 Å². The summed E-state index contributed by atoms with van der Waals surface area (Å²) in [6.45, 7) is 7.24. The van der Waals surface area contributed by atoms with E-state index >= 15 is 0 Å². The molecule has 3 aromatic heterocycles. The summed E-state index contributed by atoms with van der Waals surface area (Å²) in [6, 6.07) is 0. The van der Waals surface area contributed by atoms with Gasteiger partial charge >= 0.3 is 6.09 Å². The molecule has 186 valence electrons. The van der Waals surface area contributed by atoms with Gasteiger partial charge in [-0.3, -0.25) is 4.68 Å². The van der Waals surface area contributed by atoms with Crippen molar-refractivity contribution in [2.75, 3.05) is 18.8 Å². The Morgan fingerprint density at radius 1 is 1.14 bits per heavy atom. The summed E-state index contributed by atoms with van der Waals surface area (Å²) >= 11 is 0. The number of nitrogen functional groups attached to an aromatic ring is 1. The van der Waals surface area contributed by atoms with Gasteiger partial charge in [-0.2, -0.15) is 5.10 Å². The summed E-state index contributed by atoms with van der Waals surface area (Å²) in [6.07, 6.45) is 12.7. The van der Waals surface area contributed by atoms with Crippen molar-refractivity contribution in [2.24, 2.45) is 19.5 Å². The molecule has 9 nitrogen and oxygen atoms in total. The zero-order valence-electron chi connectivity index (χ0n) is 21.3. The summed E-state index contributed by atoms with van der Waals surface area (Å²) in [7, 11) is 3.97. The van der Waals surface area contributed by atoms with Gasteiger partial charge in [-0.1, -0.05) is 6.08 Å². The van der Waals surface area contributed by atoms with Gasteiger partial charge in [0.05, 0.1) is 17.3 Å². The Labute approximate surface area is 206 Å². The van der Waals surface area contributed by atoms with Crippen LogP contribution in [0.25, 0.3) is 27.7 Å². The molecule has 2 aliphatic rings. The van der Waals surface area contributed by atoms with E-state index in [1.807, 2.05) is 45.1 Å². The van der Waals surface area contributed by atoms with E-state index in [9.17, 15) is 4.79 Å². The number of piperidine rings is 1. The van der Waals surface area contributed by atoms with Crippen LogP contribution in [0.2, 0.25) is 0 Å². The lowest BCUT2D eigenvalue weighted by molar-refractivity contribution is 0.00896. The van der Waals surface area contributed by atoms with Crippen molar-refractivity contribution < 1.29 is 9.53 Å². The lowest BCUT2D eigenvalue weighted by Gasteiger charge is -2.43. The SMILES string of the molecule is Cn1cc(-c2c(C3=CCC4(CC3)CCN(C(=O)OC(C)(C)C)CC4)n(C)c3ncnc(N)c23)cn1. The fourth-order valence-corrected chi connectivity index (χ4v) is 5.59. The number of aromatic nitrogens is 5. The van der Waals surface area contributed by atoms with Crippen molar-refractivity contribution in [3.63, 3.8) is 0 Å². The number of anilines is 1. The molecule has 1 aliphatic carbocycles. The van der Waals surface area contributed by atoms with Crippen LogP contribution < -0.4 is 5.73 Å². The van der Waals surface area contributed by atoms with E-state index in [2.05, 4.69) is 32.8 Å². The van der Waals surface area contributed by atoms with Crippen LogP contribution in [0.1, 0.15) is 58.6 Å². The molecule has 5 rings (SSSR count). The van der Waals surface area contributed by atoms with Crippen molar-refractivity contribution in [1.29, 1.82) is 0 Å². The van der Waals surface area contributed by atoms with Crippen LogP contribution in [0.3, 0.4) is 0 Å². The second-order valence-electron chi connectivity index (χ2n) is 11.0. The Hall–Kier alpha value is -3.36. The second kappa shape index (κ2) is 8.39. The molecule has 0 atom stereocenters. The summed E-state index contributed by atoms with van der Waals surface area (Å²) in [4.78, 5) is 23.2. The predicted octanol–water partition coefficient (Wildman–Crippen LogP) is 4.54. The number of fused-ring (bicyclic) bond motifs is 1. The summed E-state index contributed by atoms with van der Waals surface area (Å²) in [5, 5.41) is 5.28. The first-order valence-corrected chi connectivity index (χ1v) is 12.3. The molecule has 1 spiro atoms. The zero-order chi connectivity index (χ0) is 25.0. The molecule has 4 heterocycles. The molecule has 0 aromatic carbocycles. The van der Waals surface area contributed by atoms with Crippen LogP contribution in [0, 0.1) is 5.41 Å². The predicted molar refractivity (Wildman–Crippen MR) is 136 cm³/mol. The Kier molecular flexibility index (Phi) is 5.61. The minimum Gasteiger partial charge on any atom is -0.444 e. The normalized spacial score (nSPS) is 18.2. The Morgan fingerprint density at radius 3 is 2.49 bits per heavy atom. The number of nitrogens with two attached hydrogens (primary N) is 1. The Balaban J connectivity index is 1.43. The third kappa shape index (κ3) is 4.28. The van der Waals surface area contributed by atoms with Gasteiger partial charge < -0.3 is 19.9 Å². The summed E-state index contributed by atoms with van der Waals surface area (Å²) in [5.74, 6) is 0.484. The maximum atomic E-state index is 12.5. The van der Waals surface area contributed by atoms with Crippen molar-refractivity contribution in [3.8, 4) is 11.1 Å². The van der Waals surface area contributed by atoms with Crippen LogP contribution in [0.15, 0.2) is 24.8 Å². The molecule has 1 saturated heterocycles. The molecular weight excluding hydrogens is 442 g/mol. The number of nitrogens with zero attached hydrogens (tertiary/aromatic N) is 6. The zero-order valence-corrected chi connectivity index (χ0v) is 21.3. The Morgan fingerprint density at radius 2 is 1.89 bits per heavy atom. The molecule has 0 unspecified atom stereocenters. The highest BCUT2D eigenvalue weighted by Gasteiger charge is 2.38. The van der Waals surface area contributed by atoms with Crippen molar-refractivity contribution in [2.45, 2.75) is 58.5 Å². The fourth-order valence-electron chi connectivity index (χ4n) is 5.59. The number of rotatable bonds is 2. The van der Waals surface area contributed by atoms with E-state index in [-0.39, 0.29) is 11.5 Å². The molecule has 2 N–H and O–H groups in total. The van der Waals surface area contributed by atoms with Crippen LogP contribution in [-0.4, -0.2) is 54.0 Å². The second-order valence-corrected chi connectivity index (χ2v) is 11.0. The molecule has 0 bridgehead atoms. The number of ether oxygens (including phenoxy) is 1. The van der Waals surface area contributed by atoms with E-state index in [1.165, 1.54) is 11.9 Å². The minimum absolute atomic E-state index is 0.199. The molecule has 0 radical (unpaired) electrons. The average molecular weight is 478 g/mol. The topological polar surface area (TPSA) is 104 Å². The molecule has 35 heavy (non-hydrogen) atoms. The van der Waals surface area contributed by atoms with Crippen LogP contribution in [-0.2, 0) is 18.8 Å². The fraction of sp³-hybridized carbons (Fsp3) is 0.538. The first kappa shape index (κ1) is 23.4. The average Bonchev–Trinajstić information content (AvgIpc) is 3.35. The maximum Gasteiger partial charge on any atom is 0.410 e. The van der Waals surface area contributed by atoms with E-state index in [1.54, 1.807) is 4.68 Å². The molecule has 1 fully saturated rings. The number of amides is 1. The van der Waals surface area contributed by atoms with Gasteiger partial charge in [-0.25, -0.2) is 14.8 Å². The third-order valence-electron chi connectivity index (χ3n) is 7.48. The monoisotopic (exact) mass is 477 g/mol. The molecule has 1 amide bonds. The smallest absolute Gasteiger partial charge is 0.410 e. The number of hydrogen-bond donors (Lipinski definition) is 1. The quantitative estimate of drug-likeness (QED) is 0.581. The van der Waals surface area contributed by atoms with Gasteiger partial charge in [0, 0.05) is 44.5 Å². The third-order valence-corrected chi connectivity index (χ3v) is 7.48. The van der Waals surface area contributed by atoms with E-state index in [0.717, 1.165) is 73.0 Å². The standard InChI is InChI=1S/C26H35N7O2/c1-25(2,3)35-24(34)33-12-10-26(11-13-33)8-6-17(7-9-26)21-19(18-14-30-31(4)15-18)20-22(27)28-16-29-23(20)32(21)5/h6,14-16H,7-13H2,1-5H3,(H2,27,28,29). The molecule has 9 heteroatoms. The van der Waals surface area contributed by atoms with Gasteiger partial charge in [-0.05, 0) is 63.9 Å². The number of likely N-dealkylation sites (tertiary alicyclic amines) is 1.